The third-order valence-electron chi connectivity index (χ3n) is 6.60. The fourth-order valence-electron chi connectivity index (χ4n) is 4.65. The fourth-order valence-corrected chi connectivity index (χ4v) is 4.65. The van der Waals surface area contributed by atoms with Crippen LogP contribution in [0.25, 0.3) is 33.5 Å². The van der Waals surface area contributed by atoms with Crippen LogP contribution < -0.4 is 10.1 Å². The number of fused-ring (bicyclic) bond motifs is 1. The molecule has 0 radical (unpaired) electrons. The molecule has 4 heterocycles. The van der Waals surface area contributed by atoms with Crippen molar-refractivity contribution >= 4 is 22.8 Å². The number of halogens is 3. The van der Waals surface area contributed by atoms with Crippen LogP contribution in [0.4, 0.5) is 19.0 Å². The first kappa shape index (κ1) is 24.6. The Labute approximate surface area is 210 Å². The maximum atomic E-state index is 14.1. The number of benzene rings is 1. The molecular weight excluding hydrogens is 487 g/mol. The third kappa shape index (κ3) is 4.26. The Morgan fingerprint density at radius 2 is 1.89 bits per heavy atom. The number of ether oxygens (including phenoxy) is 1. The van der Waals surface area contributed by atoms with Crippen molar-refractivity contribution < 1.29 is 22.7 Å². The van der Waals surface area contributed by atoms with E-state index in [1.807, 2.05) is 30.3 Å². The quantitative estimate of drug-likeness (QED) is 0.434. The van der Waals surface area contributed by atoms with E-state index in [4.69, 9.17) is 4.74 Å². The Morgan fingerprint density at radius 1 is 1.14 bits per heavy atom. The summed E-state index contributed by atoms with van der Waals surface area (Å²) in [6, 6.07) is 11.0. The smallest absolute Gasteiger partial charge is 0.404 e. The molecule has 0 saturated carbocycles. The van der Waals surface area contributed by atoms with Crippen LogP contribution in [0.1, 0.15) is 6.42 Å². The molecule has 9 nitrogen and oxygen atoms in total. The Morgan fingerprint density at radius 3 is 2.54 bits per heavy atom. The molecule has 0 bridgehead atoms. The molecule has 1 atom stereocenters. The van der Waals surface area contributed by atoms with Gasteiger partial charge in [0.25, 0.3) is 0 Å². The van der Waals surface area contributed by atoms with Gasteiger partial charge < -0.3 is 15.0 Å². The highest BCUT2D eigenvalue weighted by molar-refractivity contribution is 6.00. The van der Waals surface area contributed by atoms with Gasteiger partial charge >= 0.3 is 6.18 Å². The summed E-state index contributed by atoms with van der Waals surface area (Å²) in [6.07, 6.45) is -1.94. The van der Waals surface area contributed by atoms with Crippen molar-refractivity contribution in [2.45, 2.75) is 12.6 Å². The van der Waals surface area contributed by atoms with E-state index >= 15 is 0 Å². The van der Waals surface area contributed by atoms with Gasteiger partial charge in [0.05, 0.1) is 12.6 Å². The maximum absolute atomic E-state index is 14.1. The van der Waals surface area contributed by atoms with Crippen LogP contribution in [0.3, 0.4) is 0 Å². The van der Waals surface area contributed by atoms with Crippen molar-refractivity contribution in [3.63, 3.8) is 0 Å². The molecule has 0 spiro atoms. The lowest BCUT2D eigenvalue weighted by molar-refractivity contribution is -0.214. The summed E-state index contributed by atoms with van der Waals surface area (Å²) in [5, 5.41) is 6.96. The van der Waals surface area contributed by atoms with Gasteiger partial charge in [0.1, 0.15) is 23.2 Å². The van der Waals surface area contributed by atoms with Gasteiger partial charge in [-0.15, -0.1) is 0 Å². The minimum Gasteiger partial charge on any atom is -0.493 e. The molecule has 5 rings (SSSR count). The predicted molar refractivity (Wildman–Crippen MR) is 131 cm³/mol. The van der Waals surface area contributed by atoms with Gasteiger partial charge in [-0.25, -0.2) is 15.0 Å². The highest BCUT2D eigenvalue weighted by Gasteiger charge is 2.62. The first-order chi connectivity index (χ1) is 17.6. The number of likely N-dealkylation sites (tertiary alicyclic amines) is 1. The van der Waals surface area contributed by atoms with Crippen molar-refractivity contribution in [2.24, 2.45) is 12.5 Å². The van der Waals surface area contributed by atoms with E-state index in [2.05, 4.69) is 25.4 Å². The zero-order valence-electron chi connectivity index (χ0n) is 20.4. The molecule has 37 heavy (non-hydrogen) atoms. The number of methoxy groups -OCH3 is 1. The normalized spacial score (nSPS) is 18.3. The topological polar surface area (TPSA) is 98.1 Å². The Hall–Kier alpha value is -4.06. The average molecular weight is 512 g/mol. The number of amides is 1. The Kier molecular flexibility index (Phi) is 6.06. The van der Waals surface area contributed by atoms with E-state index in [0.29, 0.717) is 22.5 Å². The highest BCUT2D eigenvalue weighted by Crippen LogP contribution is 2.46. The summed E-state index contributed by atoms with van der Waals surface area (Å²) >= 11 is 0. The zero-order chi connectivity index (χ0) is 26.4. The van der Waals surface area contributed by atoms with E-state index < -0.39 is 24.0 Å². The van der Waals surface area contributed by atoms with E-state index in [9.17, 15) is 18.0 Å². The Balaban J connectivity index is 1.62. The van der Waals surface area contributed by atoms with Crippen LogP contribution in [0, 0.1) is 5.41 Å². The molecule has 1 saturated heterocycles. The summed E-state index contributed by atoms with van der Waals surface area (Å²) < 4.78 is 49.3. The molecule has 1 amide bonds. The van der Waals surface area contributed by atoms with Crippen LogP contribution in [0.5, 0.6) is 5.75 Å². The summed E-state index contributed by atoms with van der Waals surface area (Å²) in [7, 11) is 4.67. The van der Waals surface area contributed by atoms with Crippen LogP contribution in [-0.4, -0.2) is 69.0 Å². The van der Waals surface area contributed by atoms with Gasteiger partial charge in [-0.2, -0.15) is 18.3 Å². The Bertz CT molecular complexity index is 1470. The number of rotatable bonds is 5. The first-order valence-electron chi connectivity index (χ1n) is 11.5. The molecule has 0 aliphatic carbocycles. The number of carbonyl (C=O) groups excluding carboxylic acids is 1. The average Bonchev–Trinajstić information content (AvgIpc) is 3.47. The lowest BCUT2D eigenvalue weighted by Gasteiger charge is -2.30. The van der Waals surface area contributed by atoms with E-state index in [1.165, 1.54) is 24.4 Å². The summed E-state index contributed by atoms with van der Waals surface area (Å²) in [5.41, 5.74) is 0.702. The monoisotopic (exact) mass is 511 g/mol. The molecule has 4 aromatic rings. The molecule has 3 aromatic heterocycles. The van der Waals surface area contributed by atoms with Gasteiger partial charge in [0, 0.05) is 37.0 Å². The molecule has 12 heteroatoms. The third-order valence-corrected chi connectivity index (χ3v) is 6.60. The predicted octanol–water partition coefficient (Wildman–Crippen LogP) is 3.92. The minimum absolute atomic E-state index is 0.0867. The van der Waals surface area contributed by atoms with Gasteiger partial charge in [0.2, 0.25) is 5.91 Å². The van der Waals surface area contributed by atoms with Crippen molar-refractivity contribution in [3.05, 3.63) is 48.9 Å². The van der Waals surface area contributed by atoms with E-state index in [-0.39, 0.29) is 30.0 Å². The van der Waals surface area contributed by atoms with Crippen molar-refractivity contribution in [3.8, 4) is 28.3 Å². The number of pyridine rings is 1. The minimum atomic E-state index is -4.74. The number of alkyl halides is 3. The second-order valence-electron chi connectivity index (χ2n) is 9.08. The van der Waals surface area contributed by atoms with Gasteiger partial charge in [-0.1, -0.05) is 30.3 Å². The molecule has 1 aliphatic rings. The van der Waals surface area contributed by atoms with Crippen molar-refractivity contribution in [2.75, 3.05) is 32.6 Å². The number of anilines is 1. The first-order valence-corrected chi connectivity index (χ1v) is 11.5. The summed E-state index contributed by atoms with van der Waals surface area (Å²) in [5.74, 6) is -1.23. The lowest BCUT2D eigenvalue weighted by Crippen LogP contribution is -2.49. The van der Waals surface area contributed by atoms with Gasteiger partial charge in [0.15, 0.2) is 17.0 Å². The van der Waals surface area contributed by atoms with Crippen LogP contribution >= 0.6 is 0 Å². The maximum Gasteiger partial charge on any atom is 0.404 e. The van der Waals surface area contributed by atoms with E-state index in [1.54, 1.807) is 25.0 Å². The summed E-state index contributed by atoms with van der Waals surface area (Å²) in [6.45, 7) is -0.292. The van der Waals surface area contributed by atoms with E-state index in [0.717, 1.165) is 5.56 Å². The molecule has 1 unspecified atom stereocenters. The standard InChI is InChI=1S/C25H24F3N7O2/c1-34-10-9-24(13-34,25(26,27)28)23(36)32-22-18(37-3)11-17-21(31-22)20(30-14-29-17)16-12-35(2)33-19(16)15-7-5-4-6-8-15/h4-8,11-12,14H,9-10,13H2,1-3H3,(H,31,32,36). The van der Waals surface area contributed by atoms with Crippen LogP contribution in [-0.2, 0) is 11.8 Å². The summed E-state index contributed by atoms with van der Waals surface area (Å²) in [4.78, 5) is 27.8. The number of aryl methyl sites for hydroxylation is 1. The molecule has 192 valence electrons. The van der Waals surface area contributed by atoms with Crippen LogP contribution in [0.15, 0.2) is 48.9 Å². The van der Waals surface area contributed by atoms with Crippen LogP contribution in [0.2, 0.25) is 0 Å². The van der Waals surface area contributed by atoms with Crippen molar-refractivity contribution in [1.29, 1.82) is 0 Å². The van der Waals surface area contributed by atoms with Gasteiger partial charge in [-0.3, -0.25) is 9.48 Å². The molecular formula is C25H24F3N7O2. The second-order valence-corrected chi connectivity index (χ2v) is 9.08. The highest BCUT2D eigenvalue weighted by atomic mass is 19.4. The number of hydrogen-bond acceptors (Lipinski definition) is 7. The lowest BCUT2D eigenvalue weighted by atomic mass is 9.85. The molecule has 1 aromatic carbocycles. The number of nitrogens with zero attached hydrogens (tertiary/aromatic N) is 6. The fraction of sp³-hybridized carbons (Fsp3) is 0.320. The zero-order valence-corrected chi connectivity index (χ0v) is 20.4. The SMILES string of the molecule is COc1cc2ncnc(-c3cn(C)nc3-c3ccccc3)c2nc1NC(=O)C1(C(F)(F)F)CCN(C)C1. The largest absolute Gasteiger partial charge is 0.493 e. The second kappa shape index (κ2) is 9.11. The number of aromatic nitrogens is 5. The van der Waals surface area contributed by atoms with Gasteiger partial charge in [-0.05, 0) is 20.0 Å². The molecule has 1 aliphatic heterocycles. The number of hydrogen-bond donors (Lipinski definition) is 1. The number of nitrogens with one attached hydrogen (secondary N) is 1. The molecule has 1 fully saturated rings. The van der Waals surface area contributed by atoms with Crippen molar-refractivity contribution in [1.82, 2.24) is 29.6 Å². The molecule has 1 N–H and O–H groups in total. The number of carbonyl (C=O) groups is 1.